The van der Waals surface area contributed by atoms with Crippen LogP contribution in [0.25, 0.3) is 0 Å². The second-order valence-corrected chi connectivity index (χ2v) is 2.89. The van der Waals surface area contributed by atoms with Gasteiger partial charge in [-0.1, -0.05) is 0 Å². The molecule has 0 bridgehead atoms. The predicted molar refractivity (Wildman–Crippen MR) is 48.8 cm³/mol. The molecule has 0 aromatic carbocycles. The molecule has 0 aliphatic carbocycles. The minimum Gasteiger partial charge on any atom is -0.495 e. The molecule has 0 fully saturated rings. The monoisotopic (exact) mass is 237 g/mol. The Morgan fingerprint density at radius 2 is 2.20 bits per heavy atom. The van der Waals surface area contributed by atoms with E-state index in [2.05, 4.69) is 9.72 Å². The lowest BCUT2D eigenvalue weighted by atomic mass is 10.1. The van der Waals surface area contributed by atoms with Crippen LogP contribution >= 0.6 is 11.6 Å². The number of carbonyl (C=O) groups excluding carboxylic acids is 1. The zero-order chi connectivity index (χ0) is 11.6. The Balaban J connectivity index is 3.58. The number of aromatic amines is 1. The number of H-pyrrole nitrogens is 1. The minimum atomic E-state index is -3.01. The van der Waals surface area contributed by atoms with Crippen molar-refractivity contribution >= 4 is 16.8 Å². The number of halogens is 3. The van der Waals surface area contributed by atoms with Crippen molar-refractivity contribution < 1.29 is 18.3 Å². The van der Waals surface area contributed by atoms with Crippen molar-refractivity contribution in [3.05, 3.63) is 27.7 Å². The molecule has 1 aromatic rings. The molecule has 1 heterocycles. The van der Waals surface area contributed by atoms with E-state index in [-0.39, 0.29) is 5.75 Å². The standard InChI is InChI=1S/C8H6ClF2NO3/c1-15-3-2-12-8(14)5(6(9)13)4(3)7(10)11/h2,7H,1H3,(H,12,14). The molecule has 1 aromatic heterocycles. The smallest absolute Gasteiger partial charge is 0.268 e. The summed E-state index contributed by atoms with van der Waals surface area (Å²) in [4.78, 5) is 24.0. The molecule has 0 radical (unpaired) electrons. The molecule has 1 rings (SSSR count). The number of hydrogen-bond donors (Lipinski definition) is 1. The van der Waals surface area contributed by atoms with Crippen molar-refractivity contribution in [3.8, 4) is 5.75 Å². The molecule has 0 amide bonds. The van der Waals surface area contributed by atoms with Crippen molar-refractivity contribution in [2.24, 2.45) is 0 Å². The second-order valence-electron chi connectivity index (χ2n) is 2.55. The molecule has 1 N–H and O–H groups in total. The number of carbonyl (C=O) groups is 1. The van der Waals surface area contributed by atoms with Crippen molar-refractivity contribution in [1.29, 1.82) is 0 Å². The van der Waals surface area contributed by atoms with Crippen LogP contribution in [0.5, 0.6) is 5.75 Å². The Morgan fingerprint density at radius 1 is 1.60 bits per heavy atom. The first-order valence-electron chi connectivity index (χ1n) is 3.76. The Hall–Kier alpha value is -1.43. The molecule has 0 saturated carbocycles. The molecule has 4 nitrogen and oxygen atoms in total. The van der Waals surface area contributed by atoms with E-state index in [1.165, 1.54) is 0 Å². The third-order valence-corrected chi connectivity index (χ3v) is 1.92. The molecular formula is C8H6ClF2NO3. The highest BCUT2D eigenvalue weighted by atomic mass is 35.5. The van der Waals surface area contributed by atoms with E-state index in [0.717, 1.165) is 13.3 Å². The number of alkyl halides is 2. The summed E-state index contributed by atoms with van der Waals surface area (Å²) in [5.41, 5.74) is -2.54. The summed E-state index contributed by atoms with van der Waals surface area (Å²) >= 11 is 5.04. The van der Waals surface area contributed by atoms with Gasteiger partial charge in [-0.15, -0.1) is 0 Å². The predicted octanol–water partition coefficient (Wildman–Crippen LogP) is 1.70. The maximum absolute atomic E-state index is 12.6. The van der Waals surface area contributed by atoms with E-state index >= 15 is 0 Å². The lowest BCUT2D eigenvalue weighted by Crippen LogP contribution is -2.18. The van der Waals surface area contributed by atoms with Crippen LogP contribution in [0.3, 0.4) is 0 Å². The summed E-state index contributed by atoms with van der Waals surface area (Å²) in [6.45, 7) is 0. The second kappa shape index (κ2) is 4.39. The van der Waals surface area contributed by atoms with E-state index in [9.17, 15) is 18.4 Å². The zero-order valence-corrected chi connectivity index (χ0v) is 8.27. The largest absolute Gasteiger partial charge is 0.495 e. The summed E-state index contributed by atoms with van der Waals surface area (Å²) in [6, 6.07) is 0. The fourth-order valence-electron chi connectivity index (χ4n) is 1.11. The van der Waals surface area contributed by atoms with Crippen molar-refractivity contribution in [3.63, 3.8) is 0 Å². The molecule has 0 saturated heterocycles. The quantitative estimate of drug-likeness (QED) is 0.814. The SMILES string of the molecule is COc1c[nH]c(=O)c(C(=O)Cl)c1C(F)F. The maximum atomic E-state index is 12.6. The van der Waals surface area contributed by atoms with Gasteiger partial charge in [0, 0.05) is 6.20 Å². The van der Waals surface area contributed by atoms with Gasteiger partial charge in [-0.3, -0.25) is 9.59 Å². The third-order valence-electron chi connectivity index (χ3n) is 1.73. The van der Waals surface area contributed by atoms with Crippen molar-refractivity contribution in [1.82, 2.24) is 4.98 Å². The molecule has 7 heteroatoms. The third kappa shape index (κ3) is 2.15. The summed E-state index contributed by atoms with van der Waals surface area (Å²) in [7, 11) is 1.14. The van der Waals surface area contributed by atoms with Gasteiger partial charge in [-0.05, 0) is 11.6 Å². The summed E-state index contributed by atoms with van der Waals surface area (Å²) in [6.07, 6.45) is -2.06. The van der Waals surface area contributed by atoms with Gasteiger partial charge in [0.2, 0.25) is 0 Å². The molecule has 0 unspecified atom stereocenters. The summed E-state index contributed by atoms with van der Waals surface area (Å²) in [5.74, 6) is -0.284. The average Bonchev–Trinajstić information content (AvgIpc) is 2.16. The molecule has 0 aliphatic heterocycles. The highest BCUT2D eigenvalue weighted by Gasteiger charge is 2.25. The molecule has 0 aliphatic rings. The molecule has 0 spiro atoms. The van der Waals surface area contributed by atoms with Gasteiger partial charge in [0.05, 0.1) is 12.7 Å². The van der Waals surface area contributed by atoms with Crippen LogP contribution in [0.1, 0.15) is 22.3 Å². The van der Waals surface area contributed by atoms with E-state index < -0.39 is 28.4 Å². The van der Waals surface area contributed by atoms with Crippen LogP contribution in [-0.4, -0.2) is 17.3 Å². The van der Waals surface area contributed by atoms with Gasteiger partial charge in [0.15, 0.2) is 0 Å². The van der Waals surface area contributed by atoms with Crippen molar-refractivity contribution in [2.45, 2.75) is 6.43 Å². The molecular weight excluding hydrogens is 232 g/mol. The number of hydrogen-bond acceptors (Lipinski definition) is 3. The minimum absolute atomic E-state index is 0.284. The Kier molecular flexibility index (Phi) is 3.41. The number of pyridine rings is 1. The zero-order valence-electron chi connectivity index (χ0n) is 7.51. The fraction of sp³-hybridized carbons (Fsp3) is 0.250. The first-order chi connectivity index (χ1) is 6.99. The van der Waals surface area contributed by atoms with Gasteiger partial charge in [-0.2, -0.15) is 0 Å². The Morgan fingerprint density at radius 3 is 2.60 bits per heavy atom. The van der Waals surface area contributed by atoms with Gasteiger partial charge < -0.3 is 9.72 Å². The van der Waals surface area contributed by atoms with Crippen LogP contribution < -0.4 is 10.3 Å². The van der Waals surface area contributed by atoms with E-state index in [4.69, 9.17) is 11.6 Å². The fourth-order valence-corrected chi connectivity index (χ4v) is 1.29. The first-order valence-corrected chi connectivity index (χ1v) is 4.14. The van der Waals surface area contributed by atoms with E-state index in [1.54, 1.807) is 0 Å². The van der Waals surface area contributed by atoms with Gasteiger partial charge in [0.25, 0.3) is 17.2 Å². The van der Waals surface area contributed by atoms with Gasteiger partial charge >= 0.3 is 0 Å². The van der Waals surface area contributed by atoms with E-state index in [1.807, 2.05) is 0 Å². The molecule has 15 heavy (non-hydrogen) atoms. The van der Waals surface area contributed by atoms with Crippen LogP contribution in [0.4, 0.5) is 8.78 Å². The van der Waals surface area contributed by atoms with Crippen LogP contribution in [0.15, 0.2) is 11.0 Å². The molecule has 0 atom stereocenters. The lowest BCUT2D eigenvalue weighted by Gasteiger charge is -2.09. The Labute approximate surface area is 87.8 Å². The first kappa shape index (κ1) is 11.6. The highest BCUT2D eigenvalue weighted by molar-refractivity contribution is 6.67. The normalized spacial score (nSPS) is 10.5. The number of ether oxygens (including phenoxy) is 1. The maximum Gasteiger partial charge on any atom is 0.268 e. The molecule has 82 valence electrons. The number of rotatable bonds is 3. The average molecular weight is 238 g/mol. The highest BCUT2D eigenvalue weighted by Crippen LogP contribution is 2.30. The number of methoxy groups -OCH3 is 1. The lowest BCUT2D eigenvalue weighted by molar-refractivity contribution is 0.106. The number of aromatic nitrogens is 1. The van der Waals surface area contributed by atoms with Crippen LogP contribution in [0, 0.1) is 0 Å². The van der Waals surface area contributed by atoms with Gasteiger partial charge in [-0.25, -0.2) is 8.78 Å². The summed E-state index contributed by atoms with van der Waals surface area (Å²) in [5, 5.41) is -1.24. The van der Waals surface area contributed by atoms with Crippen LogP contribution in [0.2, 0.25) is 0 Å². The Bertz CT molecular complexity index is 444. The van der Waals surface area contributed by atoms with Crippen LogP contribution in [-0.2, 0) is 0 Å². The van der Waals surface area contributed by atoms with Crippen molar-refractivity contribution in [2.75, 3.05) is 7.11 Å². The van der Waals surface area contributed by atoms with E-state index in [0.29, 0.717) is 0 Å². The van der Waals surface area contributed by atoms with Gasteiger partial charge in [0.1, 0.15) is 11.3 Å². The number of nitrogens with one attached hydrogen (secondary N) is 1. The summed E-state index contributed by atoms with van der Waals surface area (Å²) < 4.78 is 29.7. The topological polar surface area (TPSA) is 59.2 Å².